The zero-order valence-corrected chi connectivity index (χ0v) is 42.8. The second kappa shape index (κ2) is 18.0. The number of hydrogen-bond acceptors (Lipinski definition) is 3. The molecule has 0 atom stereocenters. The number of aromatic nitrogens is 3. The van der Waals surface area contributed by atoms with Crippen LogP contribution in [0.25, 0.3) is 71.9 Å². The van der Waals surface area contributed by atoms with Crippen LogP contribution in [0.5, 0.6) is 0 Å². The molecule has 1 radical (unpaired) electrons. The Kier molecular flexibility index (Phi) is 13.1. The van der Waals surface area contributed by atoms with Crippen LogP contribution in [-0.4, -0.2) is 35.9 Å². The standard InChI is InChI=1S/C36H33N2OSi.C18H24GeN.Ir/c1-23(2)20-24-21-29(37-22-34(24)40(3,4)5)27-18-19-32(35-28-14-8-11-17-33(28)39-36(27)35)38-30-15-9-6-12-25(30)26-13-7-10-16-31(26)38;1-14(2)11-16-12-18(15-9-7-6-8-10-15)20-13-17(16)19(3,4)5;/h6-17,19,21-23H,20H2,1-5H3;6-9,12-14H,11H2,1-5H3;/q2*-1;. The van der Waals surface area contributed by atoms with Gasteiger partial charge in [0.1, 0.15) is 5.58 Å². The molecule has 0 saturated heterocycles. The molecule has 9 rings (SSSR count). The van der Waals surface area contributed by atoms with Crippen LogP contribution in [0.4, 0.5) is 0 Å². The first-order chi connectivity index (χ1) is 28.7. The van der Waals surface area contributed by atoms with Crippen LogP contribution in [0.3, 0.4) is 0 Å². The first-order valence-electron chi connectivity index (χ1n) is 21.5. The monoisotopic (exact) mass is 1060 g/mol. The number of fused-ring (bicyclic) bond motifs is 6. The van der Waals surface area contributed by atoms with Gasteiger partial charge in [0.05, 0.1) is 13.7 Å². The van der Waals surface area contributed by atoms with Crippen molar-refractivity contribution in [1.29, 1.82) is 0 Å². The summed E-state index contributed by atoms with van der Waals surface area (Å²) in [6, 6.07) is 47.3. The van der Waals surface area contributed by atoms with Gasteiger partial charge in [-0.25, -0.2) is 0 Å². The Hall–Kier alpha value is -4.59. The van der Waals surface area contributed by atoms with Crippen LogP contribution < -0.4 is 9.58 Å². The van der Waals surface area contributed by atoms with E-state index in [1.165, 1.54) is 38.1 Å². The molecule has 0 aliphatic carbocycles. The first-order valence-corrected chi connectivity index (χ1v) is 32.3. The maximum absolute atomic E-state index is 6.64. The van der Waals surface area contributed by atoms with Gasteiger partial charge in [-0.1, -0.05) is 105 Å². The van der Waals surface area contributed by atoms with E-state index < -0.39 is 21.3 Å². The maximum atomic E-state index is 6.64. The number of benzene rings is 5. The molecule has 9 aromatic rings. The van der Waals surface area contributed by atoms with Gasteiger partial charge in [0.15, 0.2) is 0 Å². The topological polar surface area (TPSA) is 43.9 Å². The van der Waals surface area contributed by atoms with Crippen molar-refractivity contribution in [3.05, 3.63) is 151 Å². The molecular weight excluding hydrogens is 1000 g/mol. The Morgan fingerprint density at radius 1 is 0.672 bits per heavy atom. The third-order valence-electron chi connectivity index (χ3n) is 11.3. The van der Waals surface area contributed by atoms with Gasteiger partial charge < -0.3 is 14.0 Å². The largest absolute Gasteiger partial charge is 0 e. The van der Waals surface area contributed by atoms with E-state index in [-0.39, 0.29) is 20.1 Å². The summed E-state index contributed by atoms with van der Waals surface area (Å²) in [5, 5.41) is 6.12. The van der Waals surface area contributed by atoms with Gasteiger partial charge >= 0.3 is 126 Å². The van der Waals surface area contributed by atoms with Gasteiger partial charge in [0.2, 0.25) is 0 Å². The van der Waals surface area contributed by atoms with Gasteiger partial charge in [0, 0.05) is 53.5 Å². The SMILES string of the molecule is CC(C)Cc1cc(-c2[c-]cc(-n3c4ccccc4c4ccccc43)c3c2oc2ccccc23)ncc1[Si](C)(C)C.CC(C)Cc1cc(-c2[c-]cccc2)nc[c]1[Ge]([CH3])([CH3])[CH3].[Ir]. The molecule has 4 nitrogen and oxygen atoms in total. The van der Waals surface area contributed by atoms with E-state index in [0.717, 1.165) is 63.0 Å². The van der Waals surface area contributed by atoms with Crippen molar-refractivity contribution in [1.82, 2.24) is 14.5 Å². The third-order valence-corrected chi connectivity index (χ3v) is 17.7. The maximum Gasteiger partial charge on any atom is 0 e. The molecule has 0 aliphatic heterocycles. The summed E-state index contributed by atoms with van der Waals surface area (Å²) in [6.45, 7) is 16.4. The van der Waals surface area contributed by atoms with Crippen LogP contribution in [0.2, 0.25) is 36.9 Å². The Morgan fingerprint density at radius 2 is 1.25 bits per heavy atom. The molecule has 0 unspecified atom stereocenters. The molecule has 61 heavy (non-hydrogen) atoms. The average molecular weight is 1060 g/mol. The fourth-order valence-electron chi connectivity index (χ4n) is 8.70. The van der Waals surface area contributed by atoms with Crippen LogP contribution >= 0.6 is 0 Å². The Balaban J connectivity index is 0.000000226. The van der Waals surface area contributed by atoms with Crippen LogP contribution in [0.15, 0.2) is 132 Å². The van der Waals surface area contributed by atoms with Gasteiger partial charge in [0.25, 0.3) is 0 Å². The minimum atomic E-state index is -1.86. The predicted molar refractivity (Wildman–Crippen MR) is 262 cm³/mol. The van der Waals surface area contributed by atoms with Gasteiger partial charge in [-0.3, -0.25) is 0 Å². The smallest absolute Gasteiger partial charge is 0 e. The average Bonchev–Trinajstić information content (AvgIpc) is 3.77. The van der Waals surface area contributed by atoms with E-state index in [1.54, 1.807) is 4.40 Å². The molecule has 7 heteroatoms. The number of furan rings is 1. The molecule has 5 aromatic carbocycles. The summed E-state index contributed by atoms with van der Waals surface area (Å²) in [5.74, 6) is 8.56. The molecule has 0 bridgehead atoms. The Labute approximate surface area is 379 Å². The van der Waals surface area contributed by atoms with Crippen molar-refractivity contribution >= 4 is 74.7 Å². The van der Waals surface area contributed by atoms with E-state index in [2.05, 4.69) is 185 Å². The van der Waals surface area contributed by atoms with E-state index in [9.17, 15) is 0 Å². The van der Waals surface area contributed by atoms with E-state index >= 15 is 0 Å². The summed E-state index contributed by atoms with van der Waals surface area (Å²) in [4.78, 5) is 9.73. The van der Waals surface area contributed by atoms with Crippen molar-refractivity contribution in [2.45, 2.75) is 77.4 Å². The quantitative estimate of drug-likeness (QED) is 0.107. The fourth-order valence-corrected chi connectivity index (χ4v) is 13.6. The Morgan fingerprint density at radius 3 is 1.85 bits per heavy atom. The molecule has 0 N–H and O–H groups in total. The Bertz CT molecular complexity index is 2920. The van der Waals surface area contributed by atoms with Crippen LogP contribution in [-0.2, 0) is 32.9 Å². The second-order valence-electron chi connectivity index (χ2n) is 19.1. The molecule has 0 aliphatic rings. The number of rotatable bonds is 9. The van der Waals surface area contributed by atoms with Gasteiger partial charge in [-0.05, 0) is 52.5 Å². The van der Waals surface area contributed by atoms with Crippen LogP contribution in [0.1, 0.15) is 38.8 Å². The predicted octanol–water partition coefficient (Wildman–Crippen LogP) is 13.6. The number of pyridine rings is 2. The number of hydrogen-bond donors (Lipinski definition) is 0. The van der Waals surface area contributed by atoms with E-state index in [1.807, 2.05) is 24.3 Å². The summed E-state index contributed by atoms with van der Waals surface area (Å²) in [6.07, 6.45) is 6.44. The summed E-state index contributed by atoms with van der Waals surface area (Å²) >= 11 is -1.86. The van der Waals surface area contributed by atoms with Crippen molar-refractivity contribution in [2.24, 2.45) is 11.8 Å². The molecule has 4 heterocycles. The molecule has 0 fully saturated rings. The molecule has 0 saturated carbocycles. The molecule has 313 valence electrons. The number of nitrogens with zero attached hydrogens (tertiary/aromatic N) is 3. The zero-order chi connectivity index (χ0) is 42.3. The minimum absolute atomic E-state index is 0. The van der Waals surface area contributed by atoms with Crippen molar-refractivity contribution < 1.29 is 24.5 Å². The van der Waals surface area contributed by atoms with Crippen molar-refractivity contribution in [2.75, 3.05) is 0 Å². The molecular formula is C54H57GeIrN3OSi-2. The van der Waals surface area contributed by atoms with E-state index in [4.69, 9.17) is 14.4 Å². The summed E-state index contributed by atoms with van der Waals surface area (Å²) in [5.41, 5.74) is 12.0. The minimum Gasteiger partial charge on any atom is 0 e. The molecule has 0 amide bonds. The zero-order valence-electron chi connectivity index (χ0n) is 37.3. The molecule has 4 aromatic heterocycles. The van der Waals surface area contributed by atoms with Gasteiger partial charge in [-0.15, -0.1) is 12.1 Å². The summed E-state index contributed by atoms with van der Waals surface area (Å²) < 4.78 is 10.5. The van der Waals surface area contributed by atoms with Crippen molar-refractivity contribution in [3.63, 3.8) is 0 Å². The van der Waals surface area contributed by atoms with Gasteiger partial charge in [-0.2, -0.15) is 0 Å². The number of para-hydroxylation sites is 3. The summed E-state index contributed by atoms with van der Waals surface area (Å²) in [7, 11) is -1.55. The first kappa shape index (κ1) is 44.5. The molecule has 0 spiro atoms. The normalized spacial score (nSPS) is 12.1. The third kappa shape index (κ3) is 9.15. The fraction of sp³-hybridized carbons (Fsp3) is 0.259. The van der Waals surface area contributed by atoms with Crippen LogP contribution in [0, 0.1) is 24.0 Å². The van der Waals surface area contributed by atoms with Crippen molar-refractivity contribution in [3.8, 4) is 28.2 Å². The second-order valence-corrected chi connectivity index (χ2v) is 34.8. The van der Waals surface area contributed by atoms with E-state index in [0.29, 0.717) is 11.8 Å².